The normalized spacial score (nSPS) is 12.0. The number of rotatable bonds is 11. The molecule has 0 saturated carbocycles. The Balaban J connectivity index is 2.04. The van der Waals surface area contributed by atoms with Crippen molar-refractivity contribution in [1.29, 1.82) is 0 Å². The molecule has 0 unspecified atom stereocenters. The summed E-state index contributed by atoms with van der Waals surface area (Å²) in [5.41, 5.74) is 1.79. The number of carbonyl (C=O) groups excluding carboxylic acids is 2. The second-order valence-electron chi connectivity index (χ2n) is 8.47. The highest BCUT2D eigenvalue weighted by Crippen LogP contribution is 2.30. The minimum atomic E-state index is -3.91. The van der Waals surface area contributed by atoms with Gasteiger partial charge in [0.25, 0.3) is 0 Å². The quantitative estimate of drug-likeness (QED) is 0.372. The van der Waals surface area contributed by atoms with Crippen LogP contribution in [-0.2, 0) is 32.6 Å². The van der Waals surface area contributed by atoms with Crippen molar-refractivity contribution in [3.8, 4) is 0 Å². The molecule has 37 heavy (non-hydrogen) atoms. The zero-order valence-electron chi connectivity index (χ0n) is 20.6. The number of sulfonamides is 1. The zero-order chi connectivity index (χ0) is 27.0. The lowest BCUT2D eigenvalue weighted by Gasteiger charge is -2.33. The third-order valence-corrected chi connectivity index (χ3v) is 7.34. The van der Waals surface area contributed by atoms with Crippen molar-refractivity contribution in [2.45, 2.75) is 25.9 Å². The second kappa shape index (κ2) is 12.9. The van der Waals surface area contributed by atoms with Crippen LogP contribution in [0, 0.1) is 0 Å². The summed E-state index contributed by atoms with van der Waals surface area (Å²) in [6.07, 6.45) is 1.25. The van der Waals surface area contributed by atoms with Crippen LogP contribution in [0.2, 0.25) is 10.0 Å². The third kappa shape index (κ3) is 7.95. The standard InChI is InChI=1S/C27H29Cl2N3O4S/c1-3-30-27(34)25(16-20-10-6-4-7-11-20)31(18-21-12-8-5-9-13-21)26(33)19-32(37(2,35)36)24-15-14-22(28)17-23(24)29/h4-15,17,25H,3,16,18-19H2,1-2H3,(H,30,34)/t25-/m0/s1. The van der Waals surface area contributed by atoms with Crippen LogP contribution in [0.1, 0.15) is 18.1 Å². The molecule has 0 fully saturated rings. The molecule has 1 N–H and O–H groups in total. The van der Waals surface area contributed by atoms with Crippen LogP contribution in [-0.4, -0.2) is 50.5 Å². The number of hydrogen-bond acceptors (Lipinski definition) is 4. The number of nitrogens with zero attached hydrogens (tertiary/aromatic N) is 2. The SMILES string of the molecule is CCNC(=O)[C@H](Cc1ccccc1)N(Cc1ccccc1)C(=O)CN(c1ccc(Cl)cc1Cl)S(C)(=O)=O. The fraction of sp³-hybridized carbons (Fsp3) is 0.259. The molecule has 1 atom stereocenters. The van der Waals surface area contributed by atoms with E-state index in [9.17, 15) is 18.0 Å². The largest absolute Gasteiger partial charge is 0.355 e. The fourth-order valence-electron chi connectivity index (χ4n) is 3.90. The van der Waals surface area contributed by atoms with Gasteiger partial charge in [-0.25, -0.2) is 8.42 Å². The number of likely N-dealkylation sites (N-methyl/N-ethyl adjacent to an activating group) is 1. The van der Waals surface area contributed by atoms with Gasteiger partial charge in [0, 0.05) is 24.5 Å². The van der Waals surface area contributed by atoms with Crippen molar-refractivity contribution in [2.24, 2.45) is 0 Å². The zero-order valence-corrected chi connectivity index (χ0v) is 22.9. The number of amides is 2. The van der Waals surface area contributed by atoms with E-state index in [4.69, 9.17) is 23.2 Å². The van der Waals surface area contributed by atoms with Gasteiger partial charge in [-0.05, 0) is 36.2 Å². The summed E-state index contributed by atoms with van der Waals surface area (Å²) >= 11 is 12.3. The molecule has 10 heteroatoms. The Morgan fingerprint density at radius 2 is 1.51 bits per heavy atom. The van der Waals surface area contributed by atoms with E-state index >= 15 is 0 Å². The molecule has 2 amide bonds. The van der Waals surface area contributed by atoms with Gasteiger partial charge in [-0.15, -0.1) is 0 Å². The predicted octanol–water partition coefficient (Wildman–Crippen LogP) is 4.54. The lowest BCUT2D eigenvalue weighted by molar-refractivity contribution is -0.140. The number of halogens is 2. The van der Waals surface area contributed by atoms with E-state index in [0.29, 0.717) is 11.6 Å². The number of anilines is 1. The molecule has 0 spiro atoms. The molecule has 3 aromatic carbocycles. The smallest absolute Gasteiger partial charge is 0.244 e. The summed E-state index contributed by atoms with van der Waals surface area (Å²) < 4.78 is 26.5. The fourth-order valence-corrected chi connectivity index (χ4v) is 5.33. The summed E-state index contributed by atoms with van der Waals surface area (Å²) in [6, 6.07) is 22.1. The van der Waals surface area contributed by atoms with Gasteiger partial charge >= 0.3 is 0 Å². The Hall–Kier alpha value is -3.07. The molecule has 0 aromatic heterocycles. The first-order valence-electron chi connectivity index (χ1n) is 11.7. The van der Waals surface area contributed by atoms with Crippen LogP contribution in [0.4, 0.5) is 5.69 Å². The molecule has 0 radical (unpaired) electrons. The first-order chi connectivity index (χ1) is 17.6. The predicted molar refractivity (Wildman–Crippen MR) is 148 cm³/mol. The van der Waals surface area contributed by atoms with Crippen molar-refractivity contribution in [1.82, 2.24) is 10.2 Å². The van der Waals surface area contributed by atoms with E-state index in [1.165, 1.54) is 23.1 Å². The van der Waals surface area contributed by atoms with Crippen LogP contribution < -0.4 is 9.62 Å². The Kier molecular flexibility index (Phi) is 9.97. The molecule has 3 rings (SSSR count). The minimum Gasteiger partial charge on any atom is -0.355 e. The number of nitrogens with one attached hydrogen (secondary N) is 1. The molecule has 0 aliphatic rings. The molecule has 0 bridgehead atoms. The lowest BCUT2D eigenvalue weighted by Crippen LogP contribution is -2.53. The Morgan fingerprint density at radius 1 is 0.919 bits per heavy atom. The monoisotopic (exact) mass is 561 g/mol. The van der Waals surface area contributed by atoms with Gasteiger partial charge in [0.05, 0.1) is 17.0 Å². The van der Waals surface area contributed by atoms with E-state index in [1.54, 1.807) is 6.92 Å². The first kappa shape index (κ1) is 28.5. The number of benzene rings is 3. The van der Waals surface area contributed by atoms with Gasteiger partial charge in [-0.2, -0.15) is 0 Å². The molecule has 3 aromatic rings. The Morgan fingerprint density at radius 3 is 2.05 bits per heavy atom. The van der Waals surface area contributed by atoms with Crippen molar-refractivity contribution >= 4 is 50.7 Å². The molecule has 0 aliphatic heterocycles. The highest BCUT2D eigenvalue weighted by Gasteiger charge is 2.33. The van der Waals surface area contributed by atoms with Crippen LogP contribution in [0.5, 0.6) is 0 Å². The summed E-state index contributed by atoms with van der Waals surface area (Å²) in [4.78, 5) is 28.5. The Bertz CT molecular complexity index is 1320. The topological polar surface area (TPSA) is 86.8 Å². The first-order valence-corrected chi connectivity index (χ1v) is 14.3. The average molecular weight is 563 g/mol. The van der Waals surface area contributed by atoms with Crippen molar-refractivity contribution < 1.29 is 18.0 Å². The molecule has 7 nitrogen and oxygen atoms in total. The molecular formula is C27H29Cl2N3O4S. The summed E-state index contributed by atoms with van der Waals surface area (Å²) in [5, 5.41) is 3.24. The highest BCUT2D eigenvalue weighted by molar-refractivity contribution is 7.92. The maximum Gasteiger partial charge on any atom is 0.244 e. The molecule has 0 heterocycles. The highest BCUT2D eigenvalue weighted by atomic mass is 35.5. The average Bonchev–Trinajstić information content (AvgIpc) is 2.86. The van der Waals surface area contributed by atoms with Gasteiger partial charge in [-0.3, -0.25) is 13.9 Å². The molecular weight excluding hydrogens is 533 g/mol. The minimum absolute atomic E-state index is 0.0879. The van der Waals surface area contributed by atoms with Crippen LogP contribution in [0.25, 0.3) is 0 Å². The number of carbonyl (C=O) groups is 2. The maximum absolute atomic E-state index is 13.9. The van der Waals surface area contributed by atoms with Crippen LogP contribution in [0.3, 0.4) is 0 Å². The van der Waals surface area contributed by atoms with E-state index in [2.05, 4.69) is 5.32 Å². The van der Waals surface area contributed by atoms with Gasteiger partial charge < -0.3 is 10.2 Å². The molecule has 0 aliphatic carbocycles. The van der Waals surface area contributed by atoms with Crippen molar-refractivity contribution in [3.05, 3.63) is 100 Å². The van der Waals surface area contributed by atoms with E-state index < -0.39 is 28.5 Å². The van der Waals surface area contributed by atoms with E-state index in [0.717, 1.165) is 21.7 Å². The van der Waals surface area contributed by atoms with E-state index in [1.807, 2.05) is 60.7 Å². The summed E-state index contributed by atoms with van der Waals surface area (Å²) in [7, 11) is -3.91. The van der Waals surface area contributed by atoms with E-state index in [-0.39, 0.29) is 29.6 Å². The number of hydrogen-bond donors (Lipinski definition) is 1. The van der Waals surface area contributed by atoms with Gasteiger partial charge in [-0.1, -0.05) is 83.9 Å². The third-order valence-electron chi connectivity index (χ3n) is 5.68. The molecule has 0 saturated heterocycles. The second-order valence-corrected chi connectivity index (χ2v) is 11.2. The van der Waals surface area contributed by atoms with Crippen molar-refractivity contribution in [3.63, 3.8) is 0 Å². The Labute approximate surface area is 228 Å². The van der Waals surface area contributed by atoms with Crippen molar-refractivity contribution in [2.75, 3.05) is 23.7 Å². The van der Waals surface area contributed by atoms with Crippen LogP contribution in [0.15, 0.2) is 78.9 Å². The van der Waals surface area contributed by atoms with Gasteiger partial charge in [0.15, 0.2) is 0 Å². The van der Waals surface area contributed by atoms with Gasteiger partial charge in [0.1, 0.15) is 12.6 Å². The lowest BCUT2D eigenvalue weighted by atomic mass is 10.0. The summed E-state index contributed by atoms with van der Waals surface area (Å²) in [6.45, 7) is 1.75. The molecule has 196 valence electrons. The van der Waals surface area contributed by atoms with Crippen LogP contribution >= 0.6 is 23.2 Å². The van der Waals surface area contributed by atoms with Gasteiger partial charge in [0.2, 0.25) is 21.8 Å². The summed E-state index contributed by atoms with van der Waals surface area (Å²) in [5.74, 6) is -0.876. The maximum atomic E-state index is 13.9.